The summed E-state index contributed by atoms with van der Waals surface area (Å²) in [5.41, 5.74) is 0. The molecule has 2 unspecified atom stereocenters. The number of unbranched alkanes of at least 4 members (excludes halogenated alkanes) is 2. The fourth-order valence-electron chi connectivity index (χ4n) is 2.80. The van der Waals surface area contributed by atoms with Gasteiger partial charge in [-0.1, -0.05) is 63.8 Å². The molecule has 0 nitrogen and oxygen atoms in total. The Morgan fingerprint density at radius 2 is 1.17 bits per heavy atom. The molecular formula is C20H38Cl2Zr. The second kappa shape index (κ2) is 22.9. The summed E-state index contributed by atoms with van der Waals surface area (Å²) in [4.78, 5) is 0. The molecule has 2 aliphatic rings. The third-order valence-electron chi connectivity index (χ3n) is 4.08. The van der Waals surface area contributed by atoms with Gasteiger partial charge in [0.2, 0.25) is 0 Å². The molecule has 0 amide bonds. The minimum atomic E-state index is -0.826. The van der Waals surface area contributed by atoms with Gasteiger partial charge in [0.05, 0.1) is 0 Å². The van der Waals surface area contributed by atoms with Crippen molar-refractivity contribution in [1.29, 1.82) is 0 Å². The van der Waals surface area contributed by atoms with E-state index in [-0.39, 0.29) is 14.9 Å². The summed E-state index contributed by atoms with van der Waals surface area (Å²) in [6.07, 6.45) is 23.3. The van der Waals surface area contributed by atoms with E-state index >= 15 is 0 Å². The van der Waals surface area contributed by atoms with Gasteiger partial charge in [0.15, 0.2) is 0 Å². The van der Waals surface area contributed by atoms with E-state index in [1.807, 2.05) is 0 Å². The van der Waals surface area contributed by atoms with Crippen molar-refractivity contribution in [2.24, 2.45) is 11.8 Å². The Labute approximate surface area is 166 Å². The van der Waals surface area contributed by atoms with Crippen LogP contribution in [0.25, 0.3) is 0 Å². The van der Waals surface area contributed by atoms with E-state index in [0.717, 1.165) is 11.8 Å². The molecule has 2 atom stereocenters. The van der Waals surface area contributed by atoms with Crippen LogP contribution in [-0.4, -0.2) is 0 Å². The molecule has 0 aromatic rings. The molecule has 0 spiro atoms. The van der Waals surface area contributed by atoms with Crippen molar-refractivity contribution in [2.45, 2.75) is 78.1 Å². The Bertz CT molecular complexity index is 238. The first kappa shape index (κ1) is 28.7. The molecule has 2 aliphatic carbocycles. The monoisotopic (exact) mass is 438 g/mol. The average Bonchev–Trinajstić information content (AvgIpc) is 3.18. The molecule has 0 N–H and O–H groups in total. The number of allylic oxidation sites excluding steroid dienone is 4. The minimum absolute atomic E-state index is 0. The summed E-state index contributed by atoms with van der Waals surface area (Å²) in [7, 11) is 9.87. The van der Waals surface area contributed by atoms with Gasteiger partial charge < -0.3 is 14.9 Å². The molecule has 0 aliphatic heterocycles. The number of halogens is 2. The Morgan fingerprint density at radius 3 is 1.39 bits per heavy atom. The third kappa shape index (κ3) is 19.1. The van der Waals surface area contributed by atoms with Gasteiger partial charge in [0.25, 0.3) is 0 Å². The SMILES string of the molecule is CCCCC1C=CCC1.CCCCC1C=CCC1.[CH3-].[CH3-].[Cl][Zr+2][Cl]. The van der Waals surface area contributed by atoms with Gasteiger partial charge >= 0.3 is 37.9 Å². The Hall–Kier alpha value is 0.943. The Kier molecular flexibility index (Phi) is 28.7. The van der Waals surface area contributed by atoms with Gasteiger partial charge in [-0.05, 0) is 50.4 Å². The van der Waals surface area contributed by atoms with E-state index in [9.17, 15) is 0 Å². The van der Waals surface area contributed by atoms with Crippen molar-refractivity contribution in [1.82, 2.24) is 0 Å². The summed E-state index contributed by atoms with van der Waals surface area (Å²) in [6, 6.07) is 0. The molecule has 0 aromatic carbocycles. The van der Waals surface area contributed by atoms with Gasteiger partial charge in [-0.2, -0.15) is 0 Å². The van der Waals surface area contributed by atoms with E-state index in [1.165, 1.54) is 64.2 Å². The number of rotatable bonds is 6. The average molecular weight is 441 g/mol. The number of hydrogen-bond donors (Lipinski definition) is 0. The fourth-order valence-corrected chi connectivity index (χ4v) is 2.80. The van der Waals surface area contributed by atoms with E-state index in [4.69, 9.17) is 17.0 Å². The van der Waals surface area contributed by atoms with Gasteiger partial charge in [0, 0.05) is 0 Å². The molecule has 0 heterocycles. The second-order valence-electron chi connectivity index (χ2n) is 5.89. The number of hydrogen-bond acceptors (Lipinski definition) is 0. The summed E-state index contributed by atoms with van der Waals surface area (Å²) < 4.78 is 0. The van der Waals surface area contributed by atoms with Crippen molar-refractivity contribution in [3.05, 3.63) is 39.2 Å². The first-order valence-electron chi connectivity index (χ1n) is 8.58. The van der Waals surface area contributed by atoms with Gasteiger partial charge in [-0.15, -0.1) is 0 Å². The zero-order valence-electron chi connectivity index (χ0n) is 15.8. The first-order valence-corrected chi connectivity index (χ1v) is 14.9. The van der Waals surface area contributed by atoms with Crippen LogP contribution in [0, 0.1) is 26.7 Å². The Morgan fingerprint density at radius 1 is 0.826 bits per heavy atom. The molecule has 23 heavy (non-hydrogen) atoms. The fraction of sp³-hybridized carbons (Fsp3) is 0.700. The van der Waals surface area contributed by atoms with E-state index in [0.29, 0.717) is 0 Å². The third-order valence-corrected chi connectivity index (χ3v) is 4.08. The maximum absolute atomic E-state index is 4.93. The van der Waals surface area contributed by atoms with Gasteiger partial charge in [0.1, 0.15) is 0 Å². The molecule has 0 radical (unpaired) electrons. The Balaban J connectivity index is -0.000000277. The molecule has 0 aromatic heterocycles. The molecule has 0 fully saturated rings. The van der Waals surface area contributed by atoms with Crippen LogP contribution >= 0.6 is 17.0 Å². The van der Waals surface area contributed by atoms with Crippen LogP contribution in [0.3, 0.4) is 0 Å². The van der Waals surface area contributed by atoms with Gasteiger partial charge in [-0.3, -0.25) is 0 Å². The molecule has 136 valence electrons. The van der Waals surface area contributed by atoms with Crippen molar-refractivity contribution in [2.75, 3.05) is 0 Å². The first-order chi connectivity index (χ1) is 10.3. The van der Waals surface area contributed by atoms with Crippen LogP contribution in [0.2, 0.25) is 0 Å². The molecule has 0 bridgehead atoms. The van der Waals surface area contributed by atoms with Crippen LogP contribution in [0.1, 0.15) is 78.1 Å². The maximum atomic E-state index is 4.93. The standard InChI is InChI=1S/2C9H16.2CH3.2ClH.Zr/c2*1-2-3-6-9-7-4-5-8-9;;;;;/h2*4,7,9H,2-3,5-6,8H2,1H3;2*1H3;2*1H;/q;;2*-1;;;+4/p-2. The zero-order chi connectivity index (χ0) is 15.8. The topological polar surface area (TPSA) is 0 Å². The van der Waals surface area contributed by atoms with Crippen LogP contribution in [0.5, 0.6) is 0 Å². The normalized spacial score (nSPS) is 20.2. The predicted molar refractivity (Wildman–Crippen MR) is 107 cm³/mol. The molecule has 3 heteroatoms. The molecule has 2 rings (SSSR count). The molecular weight excluding hydrogens is 402 g/mol. The van der Waals surface area contributed by atoms with E-state index < -0.39 is 20.8 Å². The summed E-state index contributed by atoms with van der Waals surface area (Å²) in [5.74, 6) is 1.87. The second-order valence-corrected chi connectivity index (χ2v) is 9.62. The summed E-state index contributed by atoms with van der Waals surface area (Å²) in [5, 5.41) is 0. The molecule has 0 saturated carbocycles. The van der Waals surface area contributed by atoms with Crippen LogP contribution in [0.15, 0.2) is 24.3 Å². The summed E-state index contributed by atoms with van der Waals surface area (Å²) >= 11 is -0.826. The quantitative estimate of drug-likeness (QED) is 0.287. The van der Waals surface area contributed by atoms with Crippen LogP contribution < -0.4 is 0 Å². The van der Waals surface area contributed by atoms with Crippen molar-refractivity contribution >= 4 is 17.0 Å². The van der Waals surface area contributed by atoms with Crippen molar-refractivity contribution in [3.63, 3.8) is 0 Å². The van der Waals surface area contributed by atoms with Crippen molar-refractivity contribution < 1.29 is 20.8 Å². The van der Waals surface area contributed by atoms with E-state index in [1.54, 1.807) is 0 Å². The molecule has 0 saturated heterocycles. The zero-order valence-corrected chi connectivity index (χ0v) is 19.8. The predicted octanol–water partition coefficient (Wildman–Crippen LogP) is 8.56. The van der Waals surface area contributed by atoms with Gasteiger partial charge in [-0.25, -0.2) is 0 Å². The van der Waals surface area contributed by atoms with E-state index in [2.05, 4.69) is 38.2 Å². The van der Waals surface area contributed by atoms with Crippen LogP contribution in [0.4, 0.5) is 0 Å². The summed E-state index contributed by atoms with van der Waals surface area (Å²) in [6.45, 7) is 4.53. The van der Waals surface area contributed by atoms with Crippen LogP contribution in [-0.2, 0) is 20.8 Å². The van der Waals surface area contributed by atoms with Crippen molar-refractivity contribution in [3.8, 4) is 0 Å².